The summed E-state index contributed by atoms with van der Waals surface area (Å²) >= 11 is 15.2. The van der Waals surface area contributed by atoms with Gasteiger partial charge in [-0.15, -0.1) is 0 Å². The average Bonchev–Trinajstić information content (AvgIpc) is 2.70. The van der Waals surface area contributed by atoms with Gasteiger partial charge in [0.25, 0.3) is 0 Å². The number of ketones is 1. The molecule has 3 rings (SSSR count). The Morgan fingerprint density at radius 1 is 1.17 bits per heavy atom. The predicted octanol–water partition coefficient (Wildman–Crippen LogP) is 3.93. The summed E-state index contributed by atoms with van der Waals surface area (Å²) in [6, 6.07) is 10.6. The van der Waals surface area contributed by atoms with Gasteiger partial charge in [-0.3, -0.25) is 9.59 Å². The van der Waals surface area contributed by atoms with Crippen LogP contribution in [0, 0.1) is 0 Å². The Balaban J connectivity index is 1.91. The van der Waals surface area contributed by atoms with Crippen LogP contribution >= 0.6 is 39.1 Å². The third-order valence-electron chi connectivity index (χ3n) is 4.06. The number of halogens is 3. The molecular formula is C17H13BrCl2N2O2. The molecular weight excluding hydrogens is 415 g/mol. The van der Waals surface area contributed by atoms with Crippen molar-refractivity contribution >= 4 is 50.8 Å². The Hall–Kier alpha value is -1.43. The van der Waals surface area contributed by atoms with Gasteiger partial charge in [-0.1, -0.05) is 51.3 Å². The van der Waals surface area contributed by atoms with Gasteiger partial charge in [0.1, 0.15) is 21.8 Å². The molecule has 0 radical (unpaired) electrons. The lowest BCUT2D eigenvalue weighted by molar-refractivity contribution is -0.125. The van der Waals surface area contributed by atoms with Crippen molar-refractivity contribution in [1.82, 2.24) is 10.3 Å². The molecule has 0 spiro atoms. The maximum Gasteiger partial charge on any atom is 0.235 e. The molecule has 4 nitrogen and oxygen atoms in total. The van der Waals surface area contributed by atoms with Gasteiger partial charge in [0.2, 0.25) is 5.91 Å². The molecule has 2 aromatic rings. The Labute approximate surface area is 157 Å². The molecule has 1 saturated heterocycles. The molecule has 0 saturated carbocycles. The number of hydrogen-bond acceptors (Lipinski definition) is 3. The van der Waals surface area contributed by atoms with Crippen LogP contribution in [0.15, 0.2) is 40.9 Å². The fourth-order valence-electron chi connectivity index (χ4n) is 2.94. The molecule has 24 heavy (non-hydrogen) atoms. The standard InChI is InChI=1S/C17H13BrCl2N2O2/c1-17(8-9-2-4-11(18)5-3-9)15(23)14(16(24)22-17)10-6-12(19)21-13(20)7-10/h2-7,14H,8H2,1H3,(H,22,24)/t14?,17-/m1/s1. The number of carbonyl (C=O) groups is 2. The van der Waals surface area contributed by atoms with Crippen LogP contribution in [0.5, 0.6) is 0 Å². The summed E-state index contributed by atoms with van der Waals surface area (Å²) in [4.78, 5) is 29.2. The number of hydrogen-bond donors (Lipinski definition) is 1. The molecule has 1 aromatic heterocycles. The van der Waals surface area contributed by atoms with E-state index in [1.54, 1.807) is 6.92 Å². The quantitative estimate of drug-likeness (QED) is 0.596. The van der Waals surface area contributed by atoms with E-state index < -0.39 is 11.5 Å². The first kappa shape index (κ1) is 17.4. The lowest BCUT2D eigenvalue weighted by Crippen LogP contribution is -2.45. The monoisotopic (exact) mass is 426 g/mol. The minimum Gasteiger partial charge on any atom is -0.343 e. The lowest BCUT2D eigenvalue weighted by Gasteiger charge is -2.22. The second-order valence-corrected chi connectivity index (χ2v) is 7.66. The van der Waals surface area contributed by atoms with Crippen LogP contribution in [0.4, 0.5) is 0 Å². The van der Waals surface area contributed by atoms with E-state index >= 15 is 0 Å². The number of rotatable bonds is 3. The maximum atomic E-state index is 12.9. The van der Waals surface area contributed by atoms with E-state index in [1.807, 2.05) is 24.3 Å². The first-order valence-electron chi connectivity index (χ1n) is 7.22. The number of amides is 1. The Morgan fingerprint density at radius 2 is 1.75 bits per heavy atom. The molecule has 1 fully saturated rings. The molecule has 2 heterocycles. The molecule has 1 N–H and O–H groups in total. The third-order valence-corrected chi connectivity index (χ3v) is 4.97. The van der Waals surface area contributed by atoms with Crippen LogP contribution in [0.1, 0.15) is 24.0 Å². The number of pyridine rings is 1. The van der Waals surface area contributed by atoms with Gasteiger partial charge >= 0.3 is 0 Å². The van der Waals surface area contributed by atoms with E-state index in [0.29, 0.717) is 12.0 Å². The fraction of sp³-hybridized carbons (Fsp3) is 0.235. The average molecular weight is 428 g/mol. The van der Waals surface area contributed by atoms with Gasteiger partial charge in [-0.2, -0.15) is 0 Å². The topological polar surface area (TPSA) is 59.1 Å². The van der Waals surface area contributed by atoms with Crippen LogP contribution in [0.2, 0.25) is 10.3 Å². The van der Waals surface area contributed by atoms with E-state index in [1.165, 1.54) is 12.1 Å². The molecule has 1 unspecified atom stereocenters. The second-order valence-electron chi connectivity index (χ2n) is 5.97. The highest BCUT2D eigenvalue weighted by Gasteiger charge is 2.50. The van der Waals surface area contributed by atoms with Gasteiger partial charge in [0, 0.05) is 10.9 Å². The van der Waals surface area contributed by atoms with Crippen molar-refractivity contribution in [3.05, 3.63) is 62.3 Å². The molecule has 2 atom stereocenters. The highest BCUT2D eigenvalue weighted by molar-refractivity contribution is 9.10. The van der Waals surface area contributed by atoms with Crippen molar-refractivity contribution in [2.75, 3.05) is 0 Å². The van der Waals surface area contributed by atoms with Crippen LogP contribution in [0.25, 0.3) is 0 Å². The fourth-order valence-corrected chi connectivity index (χ4v) is 3.68. The van der Waals surface area contributed by atoms with E-state index in [9.17, 15) is 9.59 Å². The van der Waals surface area contributed by atoms with Gasteiger partial charge < -0.3 is 5.32 Å². The van der Waals surface area contributed by atoms with Gasteiger partial charge in [0.15, 0.2) is 5.78 Å². The number of nitrogens with one attached hydrogen (secondary N) is 1. The first-order chi connectivity index (χ1) is 11.3. The summed E-state index contributed by atoms with van der Waals surface area (Å²) in [5.41, 5.74) is 0.445. The zero-order chi connectivity index (χ0) is 17.5. The highest BCUT2D eigenvalue weighted by atomic mass is 79.9. The predicted molar refractivity (Wildman–Crippen MR) is 96.4 cm³/mol. The number of aromatic nitrogens is 1. The third kappa shape index (κ3) is 3.34. The number of nitrogens with zero attached hydrogens (tertiary/aromatic N) is 1. The Bertz CT molecular complexity index is 806. The SMILES string of the molecule is C[C@]1(Cc2ccc(Br)cc2)NC(=O)C(c2cc(Cl)nc(Cl)c2)C1=O. The molecule has 1 aliphatic rings. The zero-order valence-corrected chi connectivity index (χ0v) is 15.7. The highest BCUT2D eigenvalue weighted by Crippen LogP contribution is 2.33. The summed E-state index contributed by atoms with van der Waals surface area (Å²) in [6.45, 7) is 1.74. The van der Waals surface area contributed by atoms with Crippen LogP contribution in [0.3, 0.4) is 0 Å². The zero-order valence-electron chi connectivity index (χ0n) is 12.6. The van der Waals surface area contributed by atoms with Crippen molar-refractivity contribution in [3.63, 3.8) is 0 Å². The van der Waals surface area contributed by atoms with Crippen molar-refractivity contribution in [2.45, 2.75) is 24.8 Å². The van der Waals surface area contributed by atoms with Gasteiger partial charge in [-0.05, 0) is 42.3 Å². The first-order valence-corrected chi connectivity index (χ1v) is 8.77. The molecule has 1 aliphatic heterocycles. The number of benzene rings is 1. The number of carbonyl (C=O) groups excluding carboxylic acids is 2. The van der Waals surface area contributed by atoms with Crippen LogP contribution < -0.4 is 5.32 Å². The lowest BCUT2D eigenvalue weighted by atomic mass is 9.84. The molecule has 124 valence electrons. The summed E-state index contributed by atoms with van der Waals surface area (Å²) in [6.07, 6.45) is 0.411. The minimum absolute atomic E-state index is 0.152. The van der Waals surface area contributed by atoms with E-state index in [0.717, 1.165) is 10.0 Å². The smallest absolute Gasteiger partial charge is 0.235 e. The summed E-state index contributed by atoms with van der Waals surface area (Å²) in [7, 11) is 0. The van der Waals surface area contributed by atoms with Crippen molar-refractivity contribution in [3.8, 4) is 0 Å². The Morgan fingerprint density at radius 3 is 2.33 bits per heavy atom. The summed E-state index contributed by atoms with van der Waals surface area (Å²) in [5.74, 6) is -1.48. The van der Waals surface area contributed by atoms with Gasteiger partial charge in [-0.25, -0.2) is 4.98 Å². The number of Topliss-reactive ketones (excluding diaryl/α,β-unsaturated/α-hetero) is 1. The Kier molecular flexibility index (Phi) is 4.69. The van der Waals surface area contributed by atoms with Crippen LogP contribution in [-0.2, 0) is 16.0 Å². The minimum atomic E-state index is -0.974. The molecule has 0 bridgehead atoms. The van der Waals surface area contributed by atoms with Gasteiger partial charge in [0.05, 0.1) is 0 Å². The maximum absolute atomic E-state index is 12.9. The second kappa shape index (κ2) is 6.47. The summed E-state index contributed by atoms with van der Waals surface area (Å²) < 4.78 is 0.956. The van der Waals surface area contributed by atoms with Crippen molar-refractivity contribution < 1.29 is 9.59 Å². The van der Waals surface area contributed by atoms with Crippen molar-refractivity contribution in [1.29, 1.82) is 0 Å². The summed E-state index contributed by atoms with van der Waals surface area (Å²) in [5, 5.41) is 3.13. The van der Waals surface area contributed by atoms with E-state index in [-0.39, 0.29) is 22.0 Å². The molecule has 7 heteroatoms. The normalized spacial score (nSPS) is 23.4. The largest absolute Gasteiger partial charge is 0.343 e. The van der Waals surface area contributed by atoms with E-state index in [2.05, 4.69) is 26.2 Å². The van der Waals surface area contributed by atoms with Crippen LogP contribution in [-0.4, -0.2) is 22.2 Å². The molecule has 1 amide bonds. The molecule has 0 aliphatic carbocycles. The molecule has 1 aromatic carbocycles. The van der Waals surface area contributed by atoms with E-state index in [4.69, 9.17) is 23.2 Å². The van der Waals surface area contributed by atoms with Crippen molar-refractivity contribution in [2.24, 2.45) is 0 Å².